The van der Waals surface area contributed by atoms with Gasteiger partial charge in [0, 0.05) is 11.1 Å². The molecule has 0 radical (unpaired) electrons. The molecule has 0 atom stereocenters. The first-order valence-corrected chi connectivity index (χ1v) is 8.26. The maximum atomic E-state index is 6.02. The quantitative estimate of drug-likeness (QED) is 0.709. The van der Waals surface area contributed by atoms with Crippen molar-refractivity contribution in [2.75, 3.05) is 5.73 Å². The summed E-state index contributed by atoms with van der Waals surface area (Å²) in [4.78, 5) is 9.26. The normalized spacial score (nSPS) is 13.5. The molecule has 0 spiro atoms. The molecule has 0 saturated heterocycles. The molecule has 118 valence electrons. The van der Waals surface area contributed by atoms with Crippen molar-refractivity contribution in [1.29, 1.82) is 0 Å². The average molecular weight is 313 g/mol. The van der Waals surface area contributed by atoms with Gasteiger partial charge in [0.25, 0.3) is 0 Å². The van der Waals surface area contributed by atoms with Crippen LogP contribution in [0.1, 0.15) is 35.4 Å². The third-order valence-corrected chi connectivity index (χ3v) is 4.29. The van der Waals surface area contributed by atoms with E-state index in [0.717, 1.165) is 28.1 Å². The van der Waals surface area contributed by atoms with Crippen LogP contribution in [-0.4, -0.2) is 10.7 Å². The molecule has 2 N–H and O–H groups in total. The SMILES string of the molecule is Nc1ncc(N=C(c2ccccc2)c2ccccc2)cc1C1CC1. The van der Waals surface area contributed by atoms with Gasteiger partial charge < -0.3 is 5.73 Å². The molecular weight excluding hydrogens is 294 g/mol. The van der Waals surface area contributed by atoms with Crippen LogP contribution in [-0.2, 0) is 0 Å². The van der Waals surface area contributed by atoms with Crippen LogP contribution in [0.25, 0.3) is 0 Å². The van der Waals surface area contributed by atoms with Gasteiger partial charge in [-0.15, -0.1) is 0 Å². The van der Waals surface area contributed by atoms with Crippen LogP contribution in [0.4, 0.5) is 11.5 Å². The highest BCUT2D eigenvalue weighted by Crippen LogP contribution is 2.43. The molecule has 1 aliphatic rings. The van der Waals surface area contributed by atoms with Crippen LogP contribution < -0.4 is 5.73 Å². The summed E-state index contributed by atoms with van der Waals surface area (Å²) in [5.74, 6) is 1.20. The van der Waals surface area contributed by atoms with Crippen LogP contribution in [0, 0.1) is 0 Å². The number of nitrogens with two attached hydrogens (primary N) is 1. The molecule has 1 aromatic heterocycles. The summed E-state index contributed by atoms with van der Waals surface area (Å²) in [5, 5.41) is 0. The summed E-state index contributed by atoms with van der Waals surface area (Å²) in [5.41, 5.74) is 11.1. The maximum absolute atomic E-state index is 6.02. The molecule has 1 fully saturated rings. The predicted molar refractivity (Wildman–Crippen MR) is 98.8 cm³/mol. The van der Waals surface area contributed by atoms with Gasteiger partial charge >= 0.3 is 0 Å². The second-order valence-electron chi connectivity index (χ2n) is 6.13. The highest BCUT2D eigenvalue weighted by atomic mass is 14.9. The molecule has 3 heteroatoms. The fraction of sp³-hybridized carbons (Fsp3) is 0.143. The topological polar surface area (TPSA) is 51.3 Å². The van der Waals surface area contributed by atoms with Crippen LogP contribution in [0.5, 0.6) is 0 Å². The second kappa shape index (κ2) is 6.28. The molecule has 0 bridgehead atoms. The Morgan fingerprint density at radius 3 is 2.04 bits per heavy atom. The van der Waals surface area contributed by atoms with Gasteiger partial charge in [-0.25, -0.2) is 9.98 Å². The van der Waals surface area contributed by atoms with Crippen LogP contribution >= 0.6 is 0 Å². The van der Waals surface area contributed by atoms with Gasteiger partial charge in [0.1, 0.15) is 5.82 Å². The fourth-order valence-corrected chi connectivity index (χ4v) is 2.88. The number of nitrogen functional groups attached to an aromatic ring is 1. The van der Waals surface area contributed by atoms with Crippen molar-refractivity contribution in [3.8, 4) is 0 Å². The largest absolute Gasteiger partial charge is 0.383 e. The highest BCUT2D eigenvalue weighted by molar-refractivity contribution is 6.13. The first-order valence-electron chi connectivity index (χ1n) is 8.26. The van der Waals surface area contributed by atoms with Gasteiger partial charge in [0.2, 0.25) is 0 Å². The van der Waals surface area contributed by atoms with Gasteiger partial charge in [-0.3, -0.25) is 0 Å². The average Bonchev–Trinajstić information content (AvgIpc) is 3.47. The molecule has 3 nitrogen and oxygen atoms in total. The Labute approximate surface area is 141 Å². The van der Waals surface area contributed by atoms with Crippen LogP contribution in [0.3, 0.4) is 0 Å². The molecule has 1 heterocycles. The molecule has 4 rings (SSSR count). The number of hydrogen-bond acceptors (Lipinski definition) is 3. The minimum absolute atomic E-state index is 0.560. The van der Waals surface area contributed by atoms with Gasteiger partial charge in [0.05, 0.1) is 17.6 Å². The Bertz CT molecular complexity index is 825. The number of rotatable bonds is 4. The number of anilines is 1. The Morgan fingerprint density at radius 2 is 1.50 bits per heavy atom. The van der Waals surface area contributed by atoms with Crippen LogP contribution in [0.2, 0.25) is 0 Å². The number of aromatic nitrogens is 1. The monoisotopic (exact) mass is 313 g/mol. The Morgan fingerprint density at radius 1 is 0.917 bits per heavy atom. The lowest BCUT2D eigenvalue weighted by Crippen LogP contribution is -2.03. The van der Waals surface area contributed by atoms with Gasteiger partial charge in [-0.05, 0) is 30.4 Å². The lowest BCUT2D eigenvalue weighted by atomic mass is 10.0. The summed E-state index contributed by atoms with van der Waals surface area (Å²) in [6.07, 6.45) is 4.15. The van der Waals surface area contributed by atoms with Crippen LogP contribution in [0.15, 0.2) is 77.9 Å². The number of benzene rings is 2. The molecule has 1 aliphatic carbocycles. The zero-order valence-corrected chi connectivity index (χ0v) is 13.4. The van der Waals surface area contributed by atoms with E-state index in [1.54, 1.807) is 6.20 Å². The van der Waals surface area contributed by atoms with Crippen molar-refractivity contribution >= 4 is 17.2 Å². The molecule has 1 saturated carbocycles. The third-order valence-electron chi connectivity index (χ3n) is 4.29. The van der Waals surface area contributed by atoms with Crippen molar-refractivity contribution < 1.29 is 0 Å². The standard InChI is InChI=1S/C21H19N3/c22-21-19(15-11-12-15)13-18(14-23-21)24-20(16-7-3-1-4-8-16)17-9-5-2-6-10-17/h1-10,13-15H,11-12H2,(H2,22,23). The van der Waals surface area contributed by atoms with E-state index in [2.05, 4.69) is 35.3 Å². The fourth-order valence-electron chi connectivity index (χ4n) is 2.88. The number of hydrogen-bond donors (Lipinski definition) is 1. The van der Waals surface area contributed by atoms with Crippen molar-refractivity contribution in [1.82, 2.24) is 4.98 Å². The van der Waals surface area contributed by atoms with E-state index in [0.29, 0.717) is 11.7 Å². The van der Waals surface area contributed by atoms with E-state index in [1.807, 2.05) is 36.4 Å². The molecular formula is C21H19N3. The predicted octanol–water partition coefficient (Wildman–Crippen LogP) is 4.71. The zero-order valence-electron chi connectivity index (χ0n) is 13.4. The molecule has 3 aromatic rings. The number of pyridine rings is 1. The van der Waals surface area contributed by atoms with Crippen molar-refractivity contribution in [2.45, 2.75) is 18.8 Å². The lowest BCUT2D eigenvalue weighted by molar-refractivity contribution is 1.10. The summed E-state index contributed by atoms with van der Waals surface area (Å²) in [6.45, 7) is 0. The Kier molecular flexibility index (Phi) is 3.83. The van der Waals surface area contributed by atoms with E-state index >= 15 is 0 Å². The minimum atomic E-state index is 0.560. The van der Waals surface area contributed by atoms with E-state index < -0.39 is 0 Å². The Hall–Kier alpha value is -2.94. The zero-order chi connectivity index (χ0) is 16.4. The van der Waals surface area contributed by atoms with E-state index in [4.69, 9.17) is 10.7 Å². The summed E-state index contributed by atoms with van der Waals surface area (Å²) < 4.78 is 0. The number of nitrogens with zero attached hydrogens (tertiary/aromatic N) is 2. The van der Waals surface area contributed by atoms with Gasteiger partial charge in [-0.1, -0.05) is 60.7 Å². The van der Waals surface area contributed by atoms with Crippen molar-refractivity contribution in [3.05, 3.63) is 89.6 Å². The molecule has 0 aliphatic heterocycles. The first kappa shape index (κ1) is 14.6. The van der Waals surface area contributed by atoms with Gasteiger partial charge in [-0.2, -0.15) is 0 Å². The summed E-state index contributed by atoms with van der Waals surface area (Å²) in [6, 6.07) is 22.6. The van der Waals surface area contributed by atoms with E-state index in [9.17, 15) is 0 Å². The van der Waals surface area contributed by atoms with E-state index in [1.165, 1.54) is 12.8 Å². The molecule has 0 unspecified atom stereocenters. The van der Waals surface area contributed by atoms with Crippen molar-refractivity contribution in [3.63, 3.8) is 0 Å². The molecule has 0 amide bonds. The summed E-state index contributed by atoms with van der Waals surface area (Å²) >= 11 is 0. The molecule has 24 heavy (non-hydrogen) atoms. The first-order chi connectivity index (χ1) is 11.8. The maximum Gasteiger partial charge on any atom is 0.126 e. The lowest BCUT2D eigenvalue weighted by Gasteiger charge is -2.09. The third kappa shape index (κ3) is 3.06. The Balaban J connectivity index is 1.81. The summed E-state index contributed by atoms with van der Waals surface area (Å²) in [7, 11) is 0. The molecule has 2 aromatic carbocycles. The van der Waals surface area contributed by atoms with Crippen molar-refractivity contribution in [2.24, 2.45) is 4.99 Å². The second-order valence-corrected chi connectivity index (χ2v) is 6.13. The van der Waals surface area contributed by atoms with E-state index in [-0.39, 0.29) is 0 Å². The minimum Gasteiger partial charge on any atom is -0.383 e. The van der Waals surface area contributed by atoms with Gasteiger partial charge in [0.15, 0.2) is 0 Å². The smallest absolute Gasteiger partial charge is 0.126 e. The number of aliphatic imine (C=N–C) groups is 1. The highest BCUT2D eigenvalue weighted by Gasteiger charge is 2.26.